The molecule has 1 atom stereocenters. The molecule has 0 aliphatic rings. The molecule has 0 saturated heterocycles. The van der Waals surface area contributed by atoms with Gasteiger partial charge in [-0.2, -0.15) is 15.0 Å². The summed E-state index contributed by atoms with van der Waals surface area (Å²) in [6, 6.07) is 13.5. The number of hydrogen-bond acceptors (Lipinski definition) is 7. The van der Waals surface area contributed by atoms with Crippen LogP contribution < -0.4 is 10.6 Å². The highest BCUT2D eigenvalue weighted by Gasteiger charge is 2.12. The van der Waals surface area contributed by atoms with Gasteiger partial charge in [0.2, 0.25) is 11.9 Å². The number of hydrogen-bond donors (Lipinski definition) is 4. The lowest BCUT2D eigenvalue weighted by molar-refractivity contribution is 0.475. The van der Waals surface area contributed by atoms with Crippen molar-refractivity contribution in [2.24, 2.45) is 0 Å². The van der Waals surface area contributed by atoms with E-state index in [1.807, 2.05) is 19.1 Å². The first-order chi connectivity index (χ1) is 12.5. The number of rotatable bonds is 6. The minimum absolute atomic E-state index is 0.157. The second-order valence-corrected chi connectivity index (χ2v) is 6.00. The van der Waals surface area contributed by atoms with Gasteiger partial charge in [0.05, 0.1) is 0 Å². The molecule has 7 nitrogen and oxygen atoms in total. The molecule has 0 saturated carbocycles. The summed E-state index contributed by atoms with van der Waals surface area (Å²) >= 11 is 0. The molecule has 2 aromatic carbocycles. The lowest BCUT2D eigenvalue weighted by Gasteiger charge is -2.13. The molecule has 0 aliphatic heterocycles. The van der Waals surface area contributed by atoms with Gasteiger partial charge in [0.1, 0.15) is 17.3 Å². The molecule has 1 heterocycles. The summed E-state index contributed by atoms with van der Waals surface area (Å²) in [5.41, 5.74) is 1.35. The van der Waals surface area contributed by atoms with E-state index in [0.717, 1.165) is 6.42 Å². The Morgan fingerprint density at radius 2 is 1.35 bits per heavy atom. The van der Waals surface area contributed by atoms with E-state index >= 15 is 0 Å². The van der Waals surface area contributed by atoms with E-state index in [1.54, 1.807) is 36.4 Å². The molecule has 1 aromatic heterocycles. The molecule has 26 heavy (non-hydrogen) atoms. The number of aromatic nitrogens is 3. The van der Waals surface area contributed by atoms with Crippen LogP contribution in [0.1, 0.15) is 32.0 Å². The monoisotopic (exact) mass is 351 g/mol. The van der Waals surface area contributed by atoms with Crippen molar-refractivity contribution >= 4 is 23.3 Å². The van der Waals surface area contributed by atoms with Crippen molar-refractivity contribution < 1.29 is 10.2 Å². The largest absolute Gasteiger partial charge is 0.508 e. The topological polar surface area (TPSA) is 103 Å². The summed E-state index contributed by atoms with van der Waals surface area (Å²) in [4.78, 5) is 13.4. The van der Waals surface area contributed by atoms with Gasteiger partial charge in [0.25, 0.3) is 0 Å². The molecule has 0 radical (unpaired) electrons. The van der Waals surface area contributed by atoms with Crippen molar-refractivity contribution in [3.8, 4) is 11.5 Å². The number of nitrogens with zero attached hydrogens (tertiary/aromatic N) is 3. The van der Waals surface area contributed by atoms with Crippen molar-refractivity contribution in [2.45, 2.75) is 26.2 Å². The zero-order valence-electron chi connectivity index (χ0n) is 14.6. The summed E-state index contributed by atoms with van der Waals surface area (Å²) in [5.74, 6) is 1.89. The summed E-state index contributed by atoms with van der Waals surface area (Å²) < 4.78 is 0. The second kappa shape index (κ2) is 7.69. The number of phenolic OH excluding ortho intramolecular Hbond substituents is 2. The smallest absolute Gasteiger partial charge is 0.232 e. The molecule has 3 aromatic rings. The quantitative estimate of drug-likeness (QED) is 0.525. The van der Waals surface area contributed by atoms with Crippen LogP contribution in [0.3, 0.4) is 0 Å². The highest BCUT2D eigenvalue weighted by Crippen LogP contribution is 2.24. The van der Waals surface area contributed by atoms with Gasteiger partial charge in [-0.05, 0) is 30.7 Å². The van der Waals surface area contributed by atoms with E-state index in [0.29, 0.717) is 29.1 Å². The van der Waals surface area contributed by atoms with Crippen LogP contribution in [0, 0.1) is 0 Å². The van der Waals surface area contributed by atoms with Gasteiger partial charge in [-0.15, -0.1) is 0 Å². The fraction of sp³-hybridized carbons (Fsp3) is 0.211. The van der Waals surface area contributed by atoms with Crippen molar-refractivity contribution in [2.75, 3.05) is 10.6 Å². The Hall–Kier alpha value is -3.35. The van der Waals surface area contributed by atoms with Crippen LogP contribution in [0.4, 0.5) is 23.3 Å². The molecule has 0 amide bonds. The van der Waals surface area contributed by atoms with Crippen LogP contribution >= 0.6 is 0 Å². The molecule has 0 aliphatic carbocycles. The van der Waals surface area contributed by atoms with Gasteiger partial charge in [-0.25, -0.2) is 0 Å². The van der Waals surface area contributed by atoms with E-state index in [2.05, 4.69) is 32.5 Å². The van der Waals surface area contributed by atoms with Gasteiger partial charge >= 0.3 is 0 Å². The lowest BCUT2D eigenvalue weighted by atomic mass is 10.1. The third-order valence-corrected chi connectivity index (χ3v) is 3.91. The summed E-state index contributed by atoms with van der Waals surface area (Å²) in [7, 11) is 0. The Labute approximate surface area is 151 Å². The minimum atomic E-state index is 0.157. The number of benzene rings is 2. The molecule has 1 unspecified atom stereocenters. The Bertz CT molecular complexity index is 835. The third kappa shape index (κ3) is 4.38. The van der Waals surface area contributed by atoms with Gasteiger partial charge in [-0.1, -0.05) is 26.0 Å². The van der Waals surface area contributed by atoms with Crippen LogP contribution in [0.2, 0.25) is 0 Å². The second-order valence-electron chi connectivity index (χ2n) is 6.00. The molecule has 0 spiro atoms. The number of nitrogens with one attached hydrogen (secondary N) is 2. The maximum Gasteiger partial charge on any atom is 0.232 e. The SMILES string of the molecule is CCC(C)c1nc(Nc2cccc(O)c2)nc(Nc2cccc(O)c2)n1. The van der Waals surface area contributed by atoms with Gasteiger partial charge < -0.3 is 20.8 Å². The molecular weight excluding hydrogens is 330 g/mol. The first-order valence-electron chi connectivity index (χ1n) is 8.41. The molecule has 3 rings (SSSR count). The predicted molar refractivity (Wildman–Crippen MR) is 101 cm³/mol. The van der Waals surface area contributed by atoms with Crippen LogP contribution in [0.15, 0.2) is 48.5 Å². The zero-order chi connectivity index (χ0) is 18.5. The molecule has 4 N–H and O–H groups in total. The van der Waals surface area contributed by atoms with E-state index in [-0.39, 0.29) is 17.4 Å². The Kier molecular flexibility index (Phi) is 5.17. The standard InChI is InChI=1S/C19H21N5O2/c1-3-12(2)17-22-18(20-13-6-4-8-15(25)10-13)24-19(23-17)21-14-7-5-9-16(26)11-14/h4-12,25-26H,3H2,1-2H3,(H2,20,21,22,23,24). The minimum Gasteiger partial charge on any atom is -0.508 e. The average molecular weight is 351 g/mol. The fourth-order valence-electron chi connectivity index (χ4n) is 2.33. The van der Waals surface area contributed by atoms with Crippen molar-refractivity contribution in [1.82, 2.24) is 15.0 Å². The van der Waals surface area contributed by atoms with E-state index < -0.39 is 0 Å². The zero-order valence-corrected chi connectivity index (χ0v) is 14.6. The number of anilines is 4. The molecule has 0 bridgehead atoms. The Morgan fingerprint density at radius 3 is 1.77 bits per heavy atom. The lowest BCUT2D eigenvalue weighted by Crippen LogP contribution is -2.09. The van der Waals surface area contributed by atoms with Crippen LogP contribution in [-0.2, 0) is 0 Å². The van der Waals surface area contributed by atoms with Crippen LogP contribution in [0.25, 0.3) is 0 Å². The van der Waals surface area contributed by atoms with Crippen molar-refractivity contribution in [3.05, 3.63) is 54.4 Å². The van der Waals surface area contributed by atoms with Gasteiger partial charge in [0, 0.05) is 29.4 Å². The maximum atomic E-state index is 9.62. The normalized spacial score (nSPS) is 11.8. The van der Waals surface area contributed by atoms with Crippen LogP contribution in [-0.4, -0.2) is 25.2 Å². The average Bonchev–Trinajstić information content (AvgIpc) is 2.61. The molecule has 0 fully saturated rings. The third-order valence-electron chi connectivity index (χ3n) is 3.91. The van der Waals surface area contributed by atoms with E-state index in [1.165, 1.54) is 0 Å². The maximum absolute atomic E-state index is 9.62. The highest BCUT2D eigenvalue weighted by molar-refractivity contribution is 5.59. The molecule has 7 heteroatoms. The number of phenols is 2. The predicted octanol–water partition coefficient (Wildman–Crippen LogP) is 4.28. The van der Waals surface area contributed by atoms with E-state index in [4.69, 9.17) is 0 Å². The summed E-state index contributed by atoms with van der Waals surface area (Å²) in [5, 5.41) is 25.4. The van der Waals surface area contributed by atoms with Crippen molar-refractivity contribution in [3.63, 3.8) is 0 Å². The first-order valence-corrected chi connectivity index (χ1v) is 8.41. The van der Waals surface area contributed by atoms with Crippen LogP contribution in [0.5, 0.6) is 11.5 Å². The van der Waals surface area contributed by atoms with Crippen molar-refractivity contribution in [1.29, 1.82) is 0 Å². The Balaban J connectivity index is 1.93. The summed E-state index contributed by atoms with van der Waals surface area (Å²) in [6.45, 7) is 4.12. The first kappa shape index (κ1) is 17.5. The summed E-state index contributed by atoms with van der Waals surface area (Å²) in [6.07, 6.45) is 0.890. The molecular formula is C19H21N5O2. The van der Waals surface area contributed by atoms with E-state index in [9.17, 15) is 10.2 Å². The highest BCUT2D eigenvalue weighted by atomic mass is 16.3. The molecule has 134 valence electrons. The van der Waals surface area contributed by atoms with Gasteiger partial charge in [0.15, 0.2) is 0 Å². The Morgan fingerprint density at radius 1 is 0.846 bits per heavy atom. The number of aromatic hydroxyl groups is 2. The van der Waals surface area contributed by atoms with Gasteiger partial charge in [-0.3, -0.25) is 0 Å². The fourth-order valence-corrected chi connectivity index (χ4v) is 2.33.